The summed E-state index contributed by atoms with van der Waals surface area (Å²) in [4.78, 5) is 10.8. The molecule has 3 aromatic heterocycles. The van der Waals surface area contributed by atoms with Gasteiger partial charge in [0.05, 0.1) is 33.3 Å². The fourth-order valence-corrected chi connectivity index (χ4v) is 11.7. The molecule has 0 saturated heterocycles. The van der Waals surface area contributed by atoms with Crippen LogP contribution in [0.1, 0.15) is 105 Å². The lowest BCUT2D eigenvalue weighted by atomic mass is 9.78. The summed E-state index contributed by atoms with van der Waals surface area (Å²) in [5.41, 5.74) is 19.6. The number of fused-ring (bicyclic) bond motifs is 5. The van der Waals surface area contributed by atoms with Gasteiger partial charge in [0.2, 0.25) is 0 Å². The van der Waals surface area contributed by atoms with Crippen LogP contribution in [0, 0.1) is 0 Å². The molecule has 0 saturated carbocycles. The van der Waals surface area contributed by atoms with Crippen LogP contribution in [0.4, 0.5) is 0 Å². The molecule has 0 fully saturated rings. The Kier molecular flexibility index (Phi) is 12.2. The van der Waals surface area contributed by atoms with E-state index in [0.717, 1.165) is 67.0 Å². The Morgan fingerprint density at radius 3 is 1.72 bits per heavy atom. The molecule has 5 nitrogen and oxygen atoms in total. The molecule has 12 rings (SSSR count). The van der Waals surface area contributed by atoms with Crippen LogP contribution in [0.2, 0.25) is 0 Å². The average molecular weight is 1030 g/mol. The van der Waals surface area contributed by atoms with Crippen LogP contribution in [-0.4, -0.2) is 24.2 Å². The molecule has 1 N–H and O–H groups in total. The molecule has 0 radical (unpaired) electrons. The van der Waals surface area contributed by atoms with E-state index in [9.17, 15) is 5.11 Å². The van der Waals surface area contributed by atoms with Crippen LogP contribution in [0.5, 0.6) is 5.75 Å². The molecule has 392 valence electrons. The summed E-state index contributed by atoms with van der Waals surface area (Å²) >= 11 is 0. The van der Waals surface area contributed by atoms with Crippen LogP contribution in [-0.2, 0) is 21.7 Å². The molecule has 79 heavy (non-hydrogen) atoms. The standard InChI is InChI=1S/C74H70N4O/c1-71(2,3)51-32-34-56-46(39-51)31-35-62(74(10,11)12)67(56)48-30-33-60(66(79)43-48)70-76-68-61(44-53(73(7,8)9)45-65(68)78(70)55-24-17-14-18-25-55)49-38-50(41-52(40-49)72(4,5)6)63-42-47(36-37-75-63)57-27-21-28-59-58-26-19-20-29-64(58)77(69(57)59)54-22-15-13-16-23-54/h13-45,79H,1-12H3. The predicted molar refractivity (Wildman–Crippen MR) is 334 cm³/mol. The number of nitrogens with zero attached hydrogens (tertiary/aromatic N) is 4. The Balaban J connectivity index is 1.06. The van der Waals surface area contributed by atoms with Crippen molar-refractivity contribution in [3.63, 3.8) is 0 Å². The topological polar surface area (TPSA) is 55.9 Å². The number of phenolic OH excluding ortho intramolecular Hbond substituents is 1. The van der Waals surface area contributed by atoms with E-state index >= 15 is 0 Å². The Morgan fingerprint density at radius 1 is 0.392 bits per heavy atom. The van der Waals surface area contributed by atoms with Crippen molar-refractivity contribution in [2.24, 2.45) is 0 Å². The molecule has 0 amide bonds. The highest BCUT2D eigenvalue weighted by molar-refractivity contribution is 6.14. The van der Waals surface area contributed by atoms with E-state index in [4.69, 9.17) is 9.97 Å². The van der Waals surface area contributed by atoms with E-state index < -0.39 is 0 Å². The lowest BCUT2D eigenvalue weighted by Gasteiger charge is -2.26. The quantitative estimate of drug-likeness (QED) is 0.173. The van der Waals surface area contributed by atoms with Crippen molar-refractivity contribution in [2.75, 3.05) is 0 Å². The van der Waals surface area contributed by atoms with Gasteiger partial charge in [0.15, 0.2) is 0 Å². The van der Waals surface area contributed by atoms with Gasteiger partial charge in [-0.05, 0) is 156 Å². The summed E-state index contributed by atoms with van der Waals surface area (Å²) in [6.07, 6.45) is 1.96. The summed E-state index contributed by atoms with van der Waals surface area (Å²) < 4.78 is 4.64. The average Bonchev–Trinajstić information content (AvgIpc) is 3.99. The van der Waals surface area contributed by atoms with Crippen molar-refractivity contribution < 1.29 is 5.11 Å². The molecule has 0 spiro atoms. The van der Waals surface area contributed by atoms with E-state index in [1.54, 1.807) is 0 Å². The molecule has 0 aliphatic rings. The van der Waals surface area contributed by atoms with Gasteiger partial charge >= 0.3 is 0 Å². The number of hydrogen-bond donors (Lipinski definition) is 1. The van der Waals surface area contributed by atoms with E-state index in [0.29, 0.717) is 11.4 Å². The van der Waals surface area contributed by atoms with Crippen LogP contribution in [0.15, 0.2) is 200 Å². The number of hydrogen-bond acceptors (Lipinski definition) is 3. The molecule has 0 atom stereocenters. The minimum absolute atomic E-state index is 0.0133. The van der Waals surface area contributed by atoms with E-state index in [2.05, 4.69) is 274 Å². The SMILES string of the molecule is CC(C)(C)c1cc(-c2cc(-c3cccc4c5ccccc5n(-c5ccccc5)c34)ccn2)cc(-c2cc(C(C)(C)C)cc3c2nc(-c2ccc(-c4c(C(C)(C)C)ccc5cc(C(C)(C)C)ccc45)cc2O)n3-c2ccccc2)c1. The number of imidazole rings is 1. The number of phenols is 1. The summed E-state index contributed by atoms with van der Waals surface area (Å²) in [6.45, 7) is 27.3. The first-order valence-electron chi connectivity index (χ1n) is 27.9. The lowest BCUT2D eigenvalue weighted by Crippen LogP contribution is -2.14. The number of para-hydroxylation sites is 4. The zero-order valence-corrected chi connectivity index (χ0v) is 47.8. The Hall–Kier alpha value is -8.54. The van der Waals surface area contributed by atoms with Gasteiger partial charge in [-0.15, -0.1) is 0 Å². The Labute approximate surface area is 465 Å². The highest BCUT2D eigenvalue weighted by Gasteiger charge is 2.28. The Bertz CT molecular complexity index is 4340. The smallest absolute Gasteiger partial charge is 0.149 e. The third-order valence-electron chi connectivity index (χ3n) is 16.0. The zero-order valence-electron chi connectivity index (χ0n) is 47.8. The maximum absolute atomic E-state index is 12.6. The summed E-state index contributed by atoms with van der Waals surface area (Å²) in [5.74, 6) is 0.846. The van der Waals surface area contributed by atoms with Crippen molar-refractivity contribution >= 4 is 43.6 Å². The minimum Gasteiger partial charge on any atom is -0.507 e. The number of pyridine rings is 1. The lowest BCUT2D eigenvalue weighted by molar-refractivity contribution is 0.477. The first-order chi connectivity index (χ1) is 37.6. The van der Waals surface area contributed by atoms with Gasteiger partial charge in [-0.25, -0.2) is 4.98 Å². The van der Waals surface area contributed by atoms with Gasteiger partial charge in [-0.1, -0.05) is 198 Å². The van der Waals surface area contributed by atoms with Crippen molar-refractivity contribution in [1.82, 2.24) is 19.1 Å². The third kappa shape index (κ3) is 9.19. The molecule has 12 aromatic rings. The van der Waals surface area contributed by atoms with Gasteiger partial charge in [0, 0.05) is 45.0 Å². The predicted octanol–water partition coefficient (Wildman–Crippen LogP) is 19.9. The fraction of sp³-hybridized carbons (Fsp3) is 0.216. The van der Waals surface area contributed by atoms with Crippen LogP contribution >= 0.6 is 0 Å². The second-order valence-electron chi connectivity index (χ2n) is 25.8. The Morgan fingerprint density at radius 2 is 1.04 bits per heavy atom. The second-order valence-corrected chi connectivity index (χ2v) is 25.8. The molecule has 0 unspecified atom stereocenters. The van der Waals surface area contributed by atoms with E-state index in [-0.39, 0.29) is 27.4 Å². The van der Waals surface area contributed by atoms with E-state index in [1.807, 2.05) is 18.3 Å². The number of benzene rings is 9. The fourth-order valence-electron chi connectivity index (χ4n) is 11.7. The second kappa shape index (κ2) is 18.8. The maximum Gasteiger partial charge on any atom is 0.149 e. The normalized spacial score (nSPS) is 12.6. The molecule has 0 aliphatic heterocycles. The minimum atomic E-state index is -0.209. The number of aromatic nitrogens is 4. The van der Waals surface area contributed by atoms with Crippen LogP contribution < -0.4 is 0 Å². The molecule has 5 heteroatoms. The summed E-state index contributed by atoms with van der Waals surface area (Å²) in [7, 11) is 0. The van der Waals surface area contributed by atoms with Gasteiger partial charge in [0.25, 0.3) is 0 Å². The number of rotatable bonds is 7. The monoisotopic (exact) mass is 1030 g/mol. The molecular weight excluding hydrogens is 961 g/mol. The van der Waals surface area contributed by atoms with Crippen molar-refractivity contribution in [1.29, 1.82) is 0 Å². The largest absolute Gasteiger partial charge is 0.507 e. The van der Waals surface area contributed by atoms with Gasteiger partial charge < -0.3 is 9.67 Å². The van der Waals surface area contributed by atoms with Crippen molar-refractivity contribution in [3.05, 3.63) is 223 Å². The first kappa shape index (κ1) is 51.2. The molecule has 3 heterocycles. The van der Waals surface area contributed by atoms with Crippen molar-refractivity contribution in [2.45, 2.75) is 105 Å². The molecular formula is C74H70N4O. The highest BCUT2D eigenvalue weighted by atomic mass is 16.3. The zero-order chi connectivity index (χ0) is 55.3. The third-order valence-corrected chi connectivity index (χ3v) is 16.0. The maximum atomic E-state index is 12.6. The van der Waals surface area contributed by atoms with Crippen molar-refractivity contribution in [3.8, 4) is 73.2 Å². The van der Waals surface area contributed by atoms with Gasteiger partial charge in [-0.2, -0.15) is 0 Å². The summed E-state index contributed by atoms with van der Waals surface area (Å²) in [6, 6.07) is 70.1. The summed E-state index contributed by atoms with van der Waals surface area (Å²) in [5, 5.41) is 17.4. The van der Waals surface area contributed by atoms with Gasteiger partial charge in [-0.3, -0.25) is 9.55 Å². The van der Waals surface area contributed by atoms with Crippen LogP contribution in [0.3, 0.4) is 0 Å². The number of aromatic hydroxyl groups is 1. The first-order valence-corrected chi connectivity index (χ1v) is 27.9. The van der Waals surface area contributed by atoms with E-state index in [1.165, 1.54) is 54.8 Å². The molecule has 0 aliphatic carbocycles. The molecule has 9 aromatic carbocycles. The molecule has 0 bridgehead atoms. The highest BCUT2D eigenvalue weighted by Crippen LogP contribution is 2.46. The van der Waals surface area contributed by atoms with Crippen LogP contribution in [0.25, 0.3) is 111 Å². The van der Waals surface area contributed by atoms with Gasteiger partial charge in [0.1, 0.15) is 11.6 Å².